The topological polar surface area (TPSA) is 47.4 Å². The number of aromatic nitrogens is 2. The number of nitrogens with zero attached hydrogens (tertiary/aromatic N) is 3. The molecule has 1 aromatic carbocycles. The number of hydrogen-bond donors (Lipinski definition) is 0. The van der Waals surface area contributed by atoms with Crippen LogP contribution in [0.3, 0.4) is 0 Å². The molecule has 1 aliphatic heterocycles. The van der Waals surface area contributed by atoms with Crippen molar-refractivity contribution in [1.82, 2.24) is 14.5 Å². The second-order valence-corrected chi connectivity index (χ2v) is 6.07. The van der Waals surface area contributed by atoms with E-state index < -0.39 is 5.60 Å². The highest BCUT2D eigenvalue weighted by molar-refractivity contribution is 5.76. The molecule has 106 valence electrons. The smallest absolute Gasteiger partial charge is 0.410 e. The number of carbonyl (C=O) groups excluding carboxylic acids is 1. The van der Waals surface area contributed by atoms with Crippen molar-refractivity contribution >= 4 is 17.1 Å². The fourth-order valence-electron chi connectivity index (χ4n) is 2.45. The van der Waals surface area contributed by atoms with Crippen molar-refractivity contribution in [2.24, 2.45) is 0 Å². The highest BCUT2D eigenvalue weighted by Crippen LogP contribution is 2.21. The molecular weight excluding hydrogens is 254 g/mol. The minimum atomic E-state index is -0.464. The van der Waals surface area contributed by atoms with Gasteiger partial charge in [0.25, 0.3) is 0 Å². The Morgan fingerprint density at radius 1 is 1.25 bits per heavy atom. The Balaban J connectivity index is 1.84. The van der Waals surface area contributed by atoms with Crippen molar-refractivity contribution in [1.29, 1.82) is 0 Å². The van der Waals surface area contributed by atoms with E-state index in [9.17, 15) is 4.79 Å². The van der Waals surface area contributed by atoms with Crippen LogP contribution in [0.15, 0.2) is 24.3 Å². The molecule has 5 nitrogen and oxygen atoms in total. The fourth-order valence-corrected chi connectivity index (χ4v) is 2.45. The van der Waals surface area contributed by atoms with Gasteiger partial charge in [-0.15, -0.1) is 0 Å². The van der Waals surface area contributed by atoms with E-state index in [0.29, 0.717) is 13.1 Å². The highest BCUT2D eigenvalue weighted by atomic mass is 16.6. The maximum Gasteiger partial charge on any atom is 0.410 e. The second kappa shape index (κ2) is 4.51. The summed E-state index contributed by atoms with van der Waals surface area (Å²) in [6.45, 7) is 7.55. The minimum absolute atomic E-state index is 0.268. The predicted octanol–water partition coefficient (Wildman–Crippen LogP) is 2.79. The molecule has 0 saturated carbocycles. The van der Waals surface area contributed by atoms with Crippen LogP contribution in [0.25, 0.3) is 11.0 Å². The normalized spacial score (nSPS) is 15.2. The Morgan fingerprint density at radius 2 is 2.00 bits per heavy atom. The zero-order valence-electron chi connectivity index (χ0n) is 12.1. The van der Waals surface area contributed by atoms with Gasteiger partial charge in [0, 0.05) is 13.1 Å². The molecule has 0 saturated heterocycles. The Labute approximate surface area is 118 Å². The maximum absolute atomic E-state index is 12.1. The lowest BCUT2D eigenvalue weighted by molar-refractivity contribution is 0.0197. The van der Waals surface area contributed by atoms with Crippen LogP contribution in [-0.2, 0) is 17.8 Å². The van der Waals surface area contributed by atoms with Crippen LogP contribution in [0.4, 0.5) is 4.79 Å². The SMILES string of the molecule is CC(C)(C)OC(=O)N1CCn2c(nc3ccccc32)C1. The third-order valence-corrected chi connectivity index (χ3v) is 3.31. The zero-order valence-corrected chi connectivity index (χ0v) is 12.1. The van der Waals surface area contributed by atoms with Crippen molar-refractivity contribution in [3.8, 4) is 0 Å². The minimum Gasteiger partial charge on any atom is -0.444 e. The van der Waals surface area contributed by atoms with Gasteiger partial charge in [-0.1, -0.05) is 12.1 Å². The average molecular weight is 273 g/mol. The third kappa shape index (κ3) is 2.35. The third-order valence-electron chi connectivity index (χ3n) is 3.31. The summed E-state index contributed by atoms with van der Waals surface area (Å²) in [6, 6.07) is 8.05. The summed E-state index contributed by atoms with van der Waals surface area (Å²) in [4.78, 5) is 18.4. The lowest BCUT2D eigenvalue weighted by Gasteiger charge is -2.30. The van der Waals surface area contributed by atoms with Crippen LogP contribution in [0.2, 0.25) is 0 Å². The summed E-state index contributed by atoms with van der Waals surface area (Å²) in [6.07, 6.45) is -0.268. The van der Waals surface area contributed by atoms with Crippen LogP contribution in [0.5, 0.6) is 0 Å². The molecule has 2 heterocycles. The summed E-state index contributed by atoms with van der Waals surface area (Å²) in [5, 5.41) is 0. The molecule has 1 aromatic heterocycles. The number of carbonyl (C=O) groups is 1. The van der Waals surface area contributed by atoms with Gasteiger partial charge in [-0.2, -0.15) is 0 Å². The molecule has 0 N–H and O–H groups in total. The van der Waals surface area contributed by atoms with Gasteiger partial charge in [0.15, 0.2) is 0 Å². The van der Waals surface area contributed by atoms with Crippen LogP contribution in [0, 0.1) is 0 Å². The van der Waals surface area contributed by atoms with Crippen LogP contribution < -0.4 is 0 Å². The van der Waals surface area contributed by atoms with Crippen molar-refractivity contribution in [3.63, 3.8) is 0 Å². The van der Waals surface area contributed by atoms with E-state index in [4.69, 9.17) is 4.74 Å². The molecular formula is C15H19N3O2. The molecule has 1 aliphatic rings. The summed E-state index contributed by atoms with van der Waals surface area (Å²) in [7, 11) is 0. The number of amides is 1. The predicted molar refractivity (Wildman–Crippen MR) is 76.4 cm³/mol. The summed E-state index contributed by atoms with van der Waals surface area (Å²) in [5.41, 5.74) is 1.65. The quantitative estimate of drug-likeness (QED) is 0.741. The molecule has 0 bridgehead atoms. The maximum atomic E-state index is 12.1. The molecule has 0 unspecified atom stereocenters. The number of para-hydroxylation sites is 2. The molecule has 0 aliphatic carbocycles. The first-order chi connectivity index (χ1) is 9.44. The van der Waals surface area contributed by atoms with Crippen LogP contribution >= 0.6 is 0 Å². The average Bonchev–Trinajstić information content (AvgIpc) is 2.74. The molecule has 0 spiro atoms. The van der Waals surface area contributed by atoms with Gasteiger partial charge in [0.1, 0.15) is 11.4 Å². The fraction of sp³-hybridized carbons (Fsp3) is 0.467. The first-order valence-electron chi connectivity index (χ1n) is 6.86. The molecule has 0 atom stereocenters. The number of fused-ring (bicyclic) bond motifs is 3. The first-order valence-corrected chi connectivity index (χ1v) is 6.86. The van der Waals surface area contributed by atoms with E-state index in [1.165, 1.54) is 0 Å². The van der Waals surface area contributed by atoms with Gasteiger partial charge in [0.05, 0.1) is 17.6 Å². The van der Waals surface area contributed by atoms with Gasteiger partial charge < -0.3 is 9.30 Å². The molecule has 20 heavy (non-hydrogen) atoms. The largest absolute Gasteiger partial charge is 0.444 e. The first kappa shape index (κ1) is 13.0. The zero-order chi connectivity index (χ0) is 14.3. The van der Waals surface area contributed by atoms with E-state index in [1.807, 2.05) is 39.0 Å². The Bertz CT molecular complexity index is 655. The summed E-state index contributed by atoms with van der Waals surface area (Å²) < 4.78 is 7.59. The van der Waals surface area contributed by atoms with Gasteiger partial charge in [-0.05, 0) is 32.9 Å². The number of hydrogen-bond acceptors (Lipinski definition) is 3. The number of ether oxygens (including phenoxy) is 1. The van der Waals surface area contributed by atoms with Gasteiger partial charge in [-0.25, -0.2) is 9.78 Å². The van der Waals surface area contributed by atoms with Gasteiger partial charge in [0.2, 0.25) is 0 Å². The van der Waals surface area contributed by atoms with E-state index in [1.54, 1.807) is 4.90 Å². The monoisotopic (exact) mass is 273 g/mol. The van der Waals surface area contributed by atoms with Crippen molar-refractivity contribution < 1.29 is 9.53 Å². The lowest BCUT2D eigenvalue weighted by atomic mass is 10.2. The summed E-state index contributed by atoms with van der Waals surface area (Å²) in [5.74, 6) is 0.920. The van der Waals surface area contributed by atoms with Gasteiger partial charge in [-0.3, -0.25) is 4.90 Å². The molecule has 0 radical (unpaired) electrons. The van der Waals surface area contributed by atoms with E-state index in [0.717, 1.165) is 23.4 Å². The van der Waals surface area contributed by atoms with E-state index in [2.05, 4.69) is 15.6 Å². The summed E-state index contributed by atoms with van der Waals surface area (Å²) >= 11 is 0. The van der Waals surface area contributed by atoms with Gasteiger partial charge >= 0.3 is 6.09 Å². The lowest BCUT2D eigenvalue weighted by Crippen LogP contribution is -2.41. The van der Waals surface area contributed by atoms with E-state index >= 15 is 0 Å². The molecule has 3 rings (SSSR count). The molecule has 2 aromatic rings. The van der Waals surface area contributed by atoms with Crippen molar-refractivity contribution in [2.45, 2.75) is 39.5 Å². The van der Waals surface area contributed by atoms with Crippen LogP contribution in [0.1, 0.15) is 26.6 Å². The number of imidazole rings is 1. The Morgan fingerprint density at radius 3 is 2.75 bits per heavy atom. The van der Waals surface area contributed by atoms with Crippen LogP contribution in [-0.4, -0.2) is 32.7 Å². The van der Waals surface area contributed by atoms with E-state index in [-0.39, 0.29) is 6.09 Å². The Kier molecular flexibility index (Phi) is 2.92. The number of rotatable bonds is 0. The molecule has 5 heteroatoms. The standard InChI is InChI=1S/C15H19N3O2/c1-15(2,3)20-14(19)17-8-9-18-12-7-5-4-6-11(12)16-13(18)10-17/h4-7H,8-10H2,1-3H3. The second-order valence-electron chi connectivity index (χ2n) is 6.07. The highest BCUT2D eigenvalue weighted by Gasteiger charge is 2.27. The van der Waals surface area contributed by atoms with Crippen molar-refractivity contribution in [3.05, 3.63) is 30.1 Å². The number of benzene rings is 1. The Hall–Kier alpha value is -2.04. The molecule has 1 amide bonds. The molecule has 0 fully saturated rings. The van der Waals surface area contributed by atoms with Crippen molar-refractivity contribution in [2.75, 3.05) is 6.54 Å².